The lowest BCUT2D eigenvalue weighted by molar-refractivity contribution is 0.0702. The summed E-state index contributed by atoms with van der Waals surface area (Å²) in [6.45, 7) is 0. The molecule has 1 heterocycles. The first-order valence-electron chi connectivity index (χ1n) is 3.92. The average Bonchev–Trinajstić information content (AvgIpc) is 2.53. The number of hydrogen-bond acceptors (Lipinski definition) is 2. The van der Waals surface area contributed by atoms with Crippen molar-refractivity contribution in [2.75, 3.05) is 0 Å². The molecular formula is C9H2Cl3FO2S. The highest BCUT2D eigenvalue weighted by Crippen LogP contribution is 2.42. The van der Waals surface area contributed by atoms with Crippen molar-refractivity contribution >= 4 is 62.2 Å². The zero-order valence-corrected chi connectivity index (χ0v) is 10.4. The molecule has 0 aliphatic carbocycles. The largest absolute Gasteiger partial charge is 0.477 e. The summed E-state index contributed by atoms with van der Waals surface area (Å²) in [6.07, 6.45) is 0. The van der Waals surface area contributed by atoms with E-state index in [4.69, 9.17) is 39.9 Å². The van der Waals surface area contributed by atoms with E-state index in [1.807, 2.05) is 0 Å². The minimum absolute atomic E-state index is 0.0555. The van der Waals surface area contributed by atoms with Crippen molar-refractivity contribution in [1.29, 1.82) is 0 Å². The molecule has 0 radical (unpaired) electrons. The van der Waals surface area contributed by atoms with Gasteiger partial charge in [0.2, 0.25) is 0 Å². The van der Waals surface area contributed by atoms with E-state index in [2.05, 4.69) is 0 Å². The van der Waals surface area contributed by atoms with Gasteiger partial charge in [0, 0.05) is 5.39 Å². The maximum Gasteiger partial charge on any atom is 0.347 e. The van der Waals surface area contributed by atoms with Crippen molar-refractivity contribution in [1.82, 2.24) is 0 Å². The number of benzene rings is 1. The van der Waals surface area contributed by atoms with Crippen LogP contribution in [-0.2, 0) is 0 Å². The lowest BCUT2D eigenvalue weighted by Gasteiger charge is -1.98. The van der Waals surface area contributed by atoms with E-state index in [-0.39, 0.29) is 30.0 Å². The quantitative estimate of drug-likeness (QED) is 0.775. The number of rotatable bonds is 1. The van der Waals surface area contributed by atoms with Gasteiger partial charge in [-0.2, -0.15) is 0 Å². The molecule has 1 aromatic carbocycles. The van der Waals surface area contributed by atoms with Gasteiger partial charge < -0.3 is 5.11 Å². The molecule has 0 amide bonds. The summed E-state index contributed by atoms with van der Waals surface area (Å²) >= 11 is 18.0. The van der Waals surface area contributed by atoms with Gasteiger partial charge in [0.15, 0.2) is 5.82 Å². The summed E-state index contributed by atoms with van der Waals surface area (Å²) in [4.78, 5) is 10.7. The number of hydrogen-bond donors (Lipinski definition) is 1. The predicted octanol–water partition coefficient (Wildman–Crippen LogP) is 4.70. The molecule has 0 saturated heterocycles. The number of fused-ring (bicyclic) bond motifs is 1. The highest BCUT2D eigenvalue weighted by atomic mass is 35.5. The third-order valence-electron chi connectivity index (χ3n) is 1.95. The number of carboxylic acid groups (broad SMARTS) is 1. The molecule has 7 heteroatoms. The molecule has 2 rings (SSSR count). The Hall–Kier alpha value is -0.550. The van der Waals surface area contributed by atoms with Crippen molar-refractivity contribution in [3.05, 3.63) is 31.8 Å². The second-order valence-electron chi connectivity index (χ2n) is 2.91. The van der Waals surface area contributed by atoms with Crippen LogP contribution in [0, 0.1) is 5.82 Å². The summed E-state index contributed by atoms with van der Waals surface area (Å²) in [5, 5.41) is 8.95. The Bertz CT molecular complexity index is 609. The molecule has 0 atom stereocenters. The minimum Gasteiger partial charge on any atom is -0.477 e. The highest BCUT2D eigenvalue weighted by molar-refractivity contribution is 7.21. The van der Waals surface area contributed by atoms with E-state index in [0.717, 1.165) is 0 Å². The normalized spacial score (nSPS) is 11.0. The lowest BCUT2D eigenvalue weighted by Crippen LogP contribution is -1.91. The maximum atomic E-state index is 13.6. The van der Waals surface area contributed by atoms with Crippen LogP contribution in [0.1, 0.15) is 9.67 Å². The third kappa shape index (κ3) is 1.66. The van der Waals surface area contributed by atoms with Gasteiger partial charge in [0.25, 0.3) is 0 Å². The lowest BCUT2D eigenvalue weighted by atomic mass is 10.2. The molecule has 1 aromatic heterocycles. The van der Waals surface area contributed by atoms with E-state index in [9.17, 15) is 9.18 Å². The molecule has 1 N–H and O–H groups in total. The van der Waals surface area contributed by atoms with Crippen LogP contribution in [0.25, 0.3) is 10.1 Å². The third-order valence-corrected chi connectivity index (χ3v) is 4.18. The van der Waals surface area contributed by atoms with Gasteiger partial charge in [-0.1, -0.05) is 34.8 Å². The van der Waals surface area contributed by atoms with Crippen LogP contribution in [0.4, 0.5) is 4.39 Å². The molecule has 2 aromatic rings. The summed E-state index contributed by atoms with van der Waals surface area (Å²) in [5.74, 6) is -1.93. The van der Waals surface area contributed by atoms with E-state index < -0.39 is 11.8 Å². The van der Waals surface area contributed by atoms with Gasteiger partial charge >= 0.3 is 5.97 Å². The van der Waals surface area contributed by atoms with Crippen LogP contribution in [0.15, 0.2) is 6.07 Å². The molecular weight excluding hydrogens is 298 g/mol. The maximum absolute atomic E-state index is 13.6. The van der Waals surface area contributed by atoms with Gasteiger partial charge in [-0.05, 0) is 6.07 Å². The Morgan fingerprint density at radius 3 is 2.50 bits per heavy atom. The van der Waals surface area contributed by atoms with Crippen molar-refractivity contribution < 1.29 is 14.3 Å². The van der Waals surface area contributed by atoms with Crippen LogP contribution in [0.2, 0.25) is 15.1 Å². The van der Waals surface area contributed by atoms with Crippen LogP contribution in [0.5, 0.6) is 0 Å². The van der Waals surface area contributed by atoms with Crippen molar-refractivity contribution in [2.45, 2.75) is 0 Å². The van der Waals surface area contributed by atoms with Gasteiger partial charge in [-0.3, -0.25) is 0 Å². The predicted molar refractivity (Wildman–Crippen MR) is 63.8 cm³/mol. The Labute approximate surface area is 108 Å². The van der Waals surface area contributed by atoms with Crippen LogP contribution in [-0.4, -0.2) is 11.1 Å². The number of carbonyl (C=O) groups is 1. The van der Waals surface area contributed by atoms with Gasteiger partial charge in [0.05, 0.1) is 19.8 Å². The number of halogens is 4. The zero-order chi connectivity index (χ0) is 12.0. The van der Waals surface area contributed by atoms with Gasteiger partial charge in [-0.15, -0.1) is 11.3 Å². The van der Waals surface area contributed by atoms with Crippen LogP contribution < -0.4 is 0 Å². The summed E-state index contributed by atoms with van der Waals surface area (Å²) in [7, 11) is 0. The van der Waals surface area contributed by atoms with Crippen molar-refractivity contribution in [2.24, 2.45) is 0 Å². The average molecular weight is 300 g/mol. The first-order valence-corrected chi connectivity index (χ1v) is 5.87. The van der Waals surface area contributed by atoms with E-state index in [1.54, 1.807) is 0 Å². The molecule has 0 bridgehead atoms. The molecule has 0 unspecified atom stereocenters. The summed E-state index contributed by atoms with van der Waals surface area (Å²) in [6, 6.07) is 1.20. The van der Waals surface area contributed by atoms with Crippen molar-refractivity contribution in [3.63, 3.8) is 0 Å². The standard InChI is InChI=1S/C9H2Cl3FO2S/c10-2-1-3(11)6(13)7-4(2)5(12)8(16-7)9(14)15/h1H,(H,14,15). The molecule has 0 fully saturated rings. The van der Waals surface area contributed by atoms with E-state index in [0.29, 0.717) is 11.3 Å². The molecule has 84 valence electrons. The molecule has 0 saturated carbocycles. The number of thiophene rings is 1. The zero-order valence-electron chi connectivity index (χ0n) is 7.35. The molecule has 0 aliphatic heterocycles. The monoisotopic (exact) mass is 298 g/mol. The molecule has 0 spiro atoms. The topological polar surface area (TPSA) is 37.3 Å². The first-order chi connectivity index (χ1) is 7.43. The molecule has 2 nitrogen and oxygen atoms in total. The van der Waals surface area contributed by atoms with Gasteiger partial charge in [-0.25, -0.2) is 9.18 Å². The van der Waals surface area contributed by atoms with Gasteiger partial charge in [0.1, 0.15) is 4.88 Å². The summed E-state index contributed by atoms with van der Waals surface area (Å²) < 4.78 is 13.7. The number of aromatic carboxylic acids is 1. The minimum atomic E-state index is -1.22. The molecule has 16 heavy (non-hydrogen) atoms. The molecule has 0 aliphatic rings. The first kappa shape index (κ1) is 11.9. The summed E-state index contributed by atoms with van der Waals surface area (Å²) in [5.41, 5.74) is 0. The number of carboxylic acids is 1. The fraction of sp³-hybridized carbons (Fsp3) is 0. The SMILES string of the molecule is O=C(O)c1sc2c(F)c(Cl)cc(Cl)c2c1Cl. The second-order valence-corrected chi connectivity index (χ2v) is 5.12. The fourth-order valence-electron chi connectivity index (χ4n) is 1.27. The fourth-order valence-corrected chi connectivity index (χ4v) is 3.44. The van der Waals surface area contributed by atoms with E-state index in [1.165, 1.54) is 6.07 Å². The highest BCUT2D eigenvalue weighted by Gasteiger charge is 2.22. The Morgan fingerprint density at radius 2 is 1.94 bits per heavy atom. The Morgan fingerprint density at radius 1 is 1.31 bits per heavy atom. The Balaban J connectivity index is 2.96. The smallest absolute Gasteiger partial charge is 0.347 e. The van der Waals surface area contributed by atoms with Crippen molar-refractivity contribution in [3.8, 4) is 0 Å². The van der Waals surface area contributed by atoms with Crippen LogP contribution >= 0.6 is 46.1 Å². The second kappa shape index (κ2) is 4.04. The Kier molecular flexibility index (Phi) is 3.01. The van der Waals surface area contributed by atoms with Crippen LogP contribution in [0.3, 0.4) is 0 Å². The van der Waals surface area contributed by atoms with E-state index >= 15 is 0 Å².